The number of hydrogen-bond donors (Lipinski definition) is 1. The Morgan fingerprint density at radius 3 is 3.00 bits per heavy atom. The average Bonchev–Trinajstić information content (AvgIpc) is 2.87. The summed E-state index contributed by atoms with van der Waals surface area (Å²) in [6.45, 7) is 0.920. The molecule has 0 spiro atoms. The first-order valence-corrected chi connectivity index (χ1v) is 6.82. The molecule has 0 amide bonds. The Labute approximate surface area is 110 Å². The summed E-state index contributed by atoms with van der Waals surface area (Å²) < 4.78 is 0. The number of fused-ring (bicyclic) bond motifs is 1. The van der Waals surface area contributed by atoms with Crippen molar-refractivity contribution >= 4 is 22.2 Å². The molecule has 2 aromatic heterocycles. The van der Waals surface area contributed by atoms with E-state index in [2.05, 4.69) is 46.0 Å². The van der Waals surface area contributed by atoms with Crippen LogP contribution in [-0.2, 0) is 6.54 Å². The fourth-order valence-electron chi connectivity index (χ4n) is 2.13. The first-order chi connectivity index (χ1) is 8.88. The predicted molar refractivity (Wildman–Crippen MR) is 77.8 cm³/mol. The van der Waals surface area contributed by atoms with Gasteiger partial charge in [0.05, 0.1) is 5.52 Å². The predicted octanol–water partition coefficient (Wildman–Crippen LogP) is 3.68. The zero-order valence-electron chi connectivity index (χ0n) is 10.2. The highest BCUT2D eigenvalue weighted by Crippen LogP contribution is 2.30. The highest BCUT2D eigenvalue weighted by molar-refractivity contribution is 7.10. The monoisotopic (exact) mass is 254 g/mol. The lowest BCUT2D eigenvalue weighted by Gasteiger charge is -2.03. The van der Waals surface area contributed by atoms with Crippen LogP contribution in [0, 0.1) is 0 Å². The fourth-order valence-corrected chi connectivity index (χ4v) is 3.02. The standard InChI is InChI=1S/C15H14N2S/c1-16-9-13-8-12(10-18-13)14-6-2-4-11-5-3-7-17-15(11)14/h2-8,10,16H,9H2,1H3. The largest absolute Gasteiger partial charge is 0.315 e. The van der Waals surface area contributed by atoms with Crippen LogP contribution in [0.1, 0.15) is 4.88 Å². The van der Waals surface area contributed by atoms with Crippen molar-refractivity contribution in [3.05, 3.63) is 52.9 Å². The van der Waals surface area contributed by atoms with Crippen LogP contribution in [0.4, 0.5) is 0 Å². The van der Waals surface area contributed by atoms with Gasteiger partial charge >= 0.3 is 0 Å². The van der Waals surface area contributed by atoms with Crippen molar-refractivity contribution in [2.45, 2.75) is 6.54 Å². The molecule has 18 heavy (non-hydrogen) atoms. The van der Waals surface area contributed by atoms with Gasteiger partial charge in [-0.25, -0.2) is 0 Å². The number of para-hydroxylation sites is 1. The molecule has 3 rings (SSSR count). The summed E-state index contributed by atoms with van der Waals surface area (Å²) in [4.78, 5) is 5.85. The van der Waals surface area contributed by atoms with E-state index in [9.17, 15) is 0 Å². The topological polar surface area (TPSA) is 24.9 Å². The summed E-state index contributed by atoms with van der Waals surface area (Å²) in [5, 5.41) is 6.58. The van der Waals surface area contributed by atoms with Crippen LogP contribution in [0.2, 0.25) is 0 Å². The first-order valence-electron chi connectivity index (χ1n) is 5.94. The molecule has 1 aromatic carbocycles. The zero-order valence-corrected chi connectivity index (χ0v) is 11.0. The van der Waals surface area contributed by atoms with Crippen molar-refractivity contribution in [1.82, 2.24) is 10.3 Å². The van der Waals surface area contributed by atoms with Crippen molar-refractivity contribution in [1.29, 1.82) is 0 Å². The van der Waals surface area contributed by atoms with Gasteiger partial charge in [-0.1, -0.05) is 24.3 Å². The maximum Gasteiger partial charge on any atom is 0.0780 e. The minimum Gasteiger partial charge on any atom is -0.315 e. The van der Waals surface area contributed by atoms with Crippen molar-refractivity contribution < 1.29 is 0 Å². The molecule has 90 valence electrons. The van der Waals surface area contributed by atoms with Gasteiger partial charge in [0.2, 0.25) is 0 Å². The Hall–Kier alpha value is -1.71. The van der Waals surface area contributed by atoms with Gasteiger partial charge in [-0.05, 0) is 30.1 Å². The Bertz CT molecular complexity index is 668. The summed E-state index contributed by atoms with van der Waals surface area (Å²) in [5.74, 6) is 0. The van der Waals surface area contributed by atoms with Crippen LogP contribution >= 0.6 is 11.3 Å². The van der Waals surface area contributed by atoms with Crippen molar-refractivity contribution in [3.8, 4) is 11.1 Å². The molecule has 0 radical (unpaired) electrons. The van der Waals surface area contributed by atoms with Gasteiger partial charge < -0.3 is 5.32 Å². The molecule has 0 fully saturated rings. The smallest absolute Gasteiger partial charge is 0.0780 e. The van der Waals surface area contributed by atoms with Crippen molar-refractivity contribution in [3.63, 3.8) is 0 Å². The lowest BCUT2D eigenvalue weighted by Crippen LogP contribution is -2.02. The van der Waals surface area contributed by atoms with Crippen molar-refractivity contribution in [2.75, 3.05) is 7.05 Å². The third-order valence-corrected chi connectivity index (χ3v) is 3.89. The second kappa shape index (κ2) is 4.88. The molecular weight excluding hydrogens is 240 g/mol. The highest BCUT2D eigenvalue weighted by Gasteiger charge is 2.06. The lowest BCUT2D eigenvalue weighted by atomic mass is 10.0. The number of nitrogens with zero attached hydrogens (tertiary/aromatic N) is 1. The minimum absolute atomic E-state index is 0.920. The SMILES string of the molecule is CNCc1cc(-c2cccc3cccnc23)cs1. The molecule has 0 aliphatic rings. The van der Waals surface area contributed by atoms with Crippen LogP contribution in [0.15, 0.2) is 48.0 Å². The van der Waals surface area contributed by atoms with Crippen LogP contribution in [-0.4, -0.2) is 12.0 Å². The van der Waals surface area contributed by atoms with Crippen LogP contribution in [0.5, 0.6) is 0 Å². The molecule has 2 nitrogen and oxygen atoms in total. The number of rotatable bonds is 3. The first kappa shape index (κ1) is 11.4. The number of aromatic nitrogens is 1. The van der Waals surface area contributed by atoms with Gasteiger partial charge in [-0.15, -0.1) is 11.3 Å². The summed E-state index contributed by atoms with van der Waals surface area (Å²) in [6.07, 6.45) is 1.85. The van der Waals surface area contributed by atoms with Crippen LogP contribution < -0.4 is 5.32 Å². The molecule has 3 aromatic rings. The molecule has 0 aliphatic carbocycles. The van der Waals surface area contributed by atoms with E-state index >= 15 is 0 Å². The van der Waals surface area contributed by atoms with E-state index < -0.39 is 0 Å². The second-order valence-electron chi connectivity index (χ2n) is 4.21. The van der Waals surface area contributed by atoms with Crippen LogP contribution in [0.3, 0.4) is 0 Å². The van der Waals surface area contributed by atoms with Gasteiger partial charge in [0, 0.05) is 28.6 Å². The average molecular weight is 254 g/mol. The molecular formula is C15H14N2S. The maximum atomic E-state index is 4.50. The number of hydrogen-bond acceptors (Lipinski definition) is 3. The third kappa shape index (κ3) is 2.03. The molecule has 0 bridgehead atoms. The van der Waals surface area contributed by atoms with Gasteiger partial charge in [-0.3, -0.25) is 4.98 Å². The van der Waals surface area contributed by atoms with E-state index in [4.69, 9.17) is 0 Å². The normalized spacial score (nSPS) is 10.9. The molecule has 3 heteroatoms. The molecule has 1 N–H and O–H groups in total. The van der Waals surface area contributed by atoms with Crippen molar-refractivity contribution in [2.24, 2.45) is 0 Å². The van der Waals surface area contributed by atoms with Gasteiger partial charge in [0.25, 0.3) is 0 Å². The highest BCUT2D eigenvalue weighted by atomic mass is 32.1. The van der Waals surface area contributed by atoms with Gasteiger partial charge in [0.1, 0.15) is 0 Å². The Morgan fingerprint density at radius 1 is 1.22 bits per heavy atom. The number of nitrogens with one attached hydrogen (secondary N) is 1. The van der Waals surface area contributed by atoms with E-state index in [0.717, 1.165) is 12.1 Å². The number of thiophene rings is 1. The molecule has 0 atom stereocenters. The molecule has 0 aliphatic heterocycles. The second-order valence-corrected chi connectivity index (χ2v) is 5.21. The fraction of sp³-hybridized carbons (Fsp3) is 0.133. The molecule has 0 unspecified atom stereocenters. The molecule has 2 heterocycles. The van der Waals surface area contributed by atoms with E-state index in [1.165, 1.54) is 21.4 Å². The van der Waals surface area contributed by atoms with Crippen LogP contribution in [0.25, 0.3) is 22.0 Å². The summed E-state index contributed by atoms with van der Waals surface area (Å²) >= 11 is 1.79. The zero-order chi connectivity index (χ0) is 12.4. The Balaban J connectivity index is 2.12. The molecule has 0 saturated heterocycles. The van der Waals surface area contributed by atoms with Gasteiger partial charge in [-0.2, -0.15) is 0 Å². The summed E-state index contributed by atoms with van der Waals surface area (Å²) in [5.41, 5.74) is 3.55. The van der Waals surface area contributed by atoms with E-state index in [1.807, 2.05) is 19.3 Å². The minimum atomic E-state index is 0.920. The number of pyridine rings is 1. The summed E-state index contributed by atoms with van der Waals surface area (Å²) in [7, 11) is 1.97. The van der Waals surface area contributed by atoms with E-state index in [-0.39, 0.29) is 0 Å². The van der Waals surface area contributed by atoms with Gasteiger partial charge in [0.15, 0.2) is 0 Å². The summed E-state index contributed by atoms with van der Waals surface area (Å²) in [6, 6.07) is 12.7. The Kier molecular flexibility index (Phi) is 3.09. The third-order valence-electron chi connectivity index (χ3n) is 2.95. The van der Waals surface area contributed by atoms with E-state index in [0.29, 0.717) is 0 Å². The maximum absolute atomic E-state index is 4.50. The Morgan fingerprint density at radius 2 is 2.11 bits per heavy atom. The lowest BCUT2D eigenvalue weighted by molar-refractivity contribution is 0.831. The molecule has 0 saturated carbocycles. The quantitative estimate of drug-likeness (QED) is 0.771. The van der Waals surface area contributed by atoms with E-state index in [1.54, 1.807) is 11.3 Å². The number of benzene rings is 1.